The smallest absolute Gasteiger partial charge is 0.248 e. The standard InChI is InChI=1S/C12H20N2O4S/c1-8-10(15)13-12(2,3)11(16)14(8)9-5-4-6-19(17,18)7-9/h8-9H,4-7H2,1-3H3,(H,13,15). The van der Waals surface area contributed by atoms with Gasteiger partial charge in [0.1, 0.15) is 11.6 Å². The zero-order valence-electron chi connectivity index (χ0n) is 11.5. The molecule has 0 aromatic heterocycles. The molecule has 0 radical (unpaired) electrons. The lowest BCUT2D eigenvalue weighted by Gasteiger charge is -2.46. The van der Waals surface area contributed by atoms with Crippen molar-refractivity contribution in [2.45, 2.75) is 51.2 Å². The molecule has 0 saturated carbocycles. The van der Waals surface area contributed by atoms with Crippen molar-refractivity contribution in [1.29, 1.82) is 0 Å². The van der Waals surface area contributed by atoms with E-state index in [4.69, 9.17) is 0 Å². The van der Waals surface area contributed by atoms with Crippen LogP contribution in [-0.4, -0.2) is 54.3 Å². The van der Waals surface area contributed by atoms with Crippen molar-refractivity contribution in [2.75, 3.05) is 11.5 Å². The number of nitrogens with one attached hydrogen (secondary N) is 1. The van der Waals surface area contributed by atoms with E-state index in [9.17, 15) is 18.0 Å². The summed E-state index contributed by atoms with van der Waals surface area (Å²) in [5.41, 5.74) is -0.967. The van der Waals surface area contributed by atoms with E-state index in [1.54, 1.807) is 20.8 Å². The number of piperazine rings is 1. The van der Waals surface area contributed by atoms with Gasteiger partial charge in [0.15, 0.2) is 9.84 Å². The van der Waals surface area contributed by atoms with Gasteiger partial charge in [-0.2, -0.15) is 0 Å². The zero-order valence-corrected chi connectivity index (χ0v) is 12.3. The normalized spacial score (nSPS) is 33.9. The topological polar surface area (TPSA) is 83.6 Å². The Morgan fingerprint density at radius 2 is 1.95 bits per heavy atom. The quantitative estimate of drug-likeness (QED) is 0.717. The third kappa shape index (κ3) is 2.61. The summed E-state index contributed by atoms with van der Waals surface area (Å²) < 4.78 is 23.4. The maximum absolute atomic E-state index is 12.4. The Bertz CT molecular complexity index is 512. The summed E-state index contributed by atoms with van der Waals surface area (Å²) in [6, 6.07) is -0.995. The van der Waals surface area contributed by atoms with Crippen molar-refractivity contribution in [1.82, 2.24) is 10.2 Å². The van der Waals surface area contributed by atoms with Gasteiger partial charge in [0.05, 0.1) is 11.5 Å². The van der Waals surface area contributed by atoms with Crippen molar-refractivity contribution in [3.05, 3.63) is 0 Å². The molecule has 1 N–H and O–H groups in total. The van der Waals surface area contributed by atoms with Crippen LogP contribution in [0.4, 0.5) is 0 Å². The van der Waals surface area contributed by atoms with Gasteiger partial charge in [-0.15, -0.1) is 0 Å². The zero-order chi connectivity index (χ0) is 14.4. The van der Waals surface area contributed by atoms with Crippen LogP contribution in [0.1, 0.15) is 33.6 Å². The molecule has 0 aliphatic carbocycles. The summed E-state index contributed by atoms with van der Waals surface area (Å²) in [5.74, 6) is -0.295. The maximum atomic E-state index is 12.4. The van der Waals surface area contributed by atoms with Gasteiger partial charge in [0.2, 0.25) is 11.8 Å². The van der Waals surface area contributed by atoms with Crippen molar-refractivity contribution in [3.63, 3.8) is 0 Å². The van der Waals surface area contributed by atoms with Crippen LogP contribution >= 0.6 is 0 Å². The molecule has 6 nitrogen and oxygen atoms in total. The number of sulfone groups is 1. The Balaban J connectivity index is 2.30. The first-order chi connectivity index (χ1) is 8.64. The second kappa shape index (κ2) is 4.47. The molecule has 2 rings (SSSR count). The largest absolute Gasteiger partial charge is 0.340 e. The summed E-state index contributed by atoms with van der Waals surface area (Å²) in [6.07, 6.45) is 1.18. The van der Waals surface area contributed by atoms with Gasteiger partial charge >= 0.3 is 0 Å². The molecule has 2 saturated heterocycles. The fourth-order valence-electron chi connectivity index (χ4n) is 2.79. The lowest BCUT2D eigenvalue weighted by atomic mass is 9.95. The second-order valence-electron chi connectivity index (χ2n) is 5.91. The van der Waals surface area contributed by atoms with Crippen LogP contribution in [0.15, 0.2) is 0 Å². The Kier molecular flexibility index (Phi) is 3.36. The minimum absolute atomic E-state index is 0.0353. The average molecular weight is 288 g/mol. The number of hydrogen-bond donors (Lipinski definition) is 1. The highest BCUT2D eigenvalue weighted by Gasteiger charge is 2.47. The predicted molar refractivity (Wildman–Crippen MR) is 70.2 cm³/mol. The summed E-state index contributed by atoms with van der Waals surface area (Å²) in [4.78, 5) is 25.8. The van der Waals surface area contributed by atoms with Gasteiger partial charge in [-0.1, -0.05) is 0 Å². The molecule has 2 aliphatic heterocycles. The first-order valence-corrected chi connectivity index (χ1v) is 8.31. The number of nitrogens with zero attached hydrogens (tertiary/aromatic N) is 1. The number of carbonyl (C=O) groups is 2. The molecule has 2 aliphatic rings. The maximum Gasteiger partial charge on any atom is 0.248 e. The first kappa shape index (κ1) is 14.3. The van der Waals surface area contributed by atoms with Crippen LogP contribution in [0.3, 0.4) is 0 Å². The molecule has 2 fully saturated rings. The Hall–Kier alpha value is -1.11. The number of rotatable bonds is 1. The van der Waals surface area contributed by atoms with Gasteiger partial charge in [0, 0.05) is 6.04 Å². The van der Waals surface area contributed by atoms with Crippen LogP contribution in [0.2, 0.25) is 0 Å². The molecule has 2 unspecified atom stereocenters. The van der Waals surface area contributed by atoms with E-state index in [1.807, 2.05) is 0 Å². The van der Waals surface area contributed by atoms with Gasteiger partial charge in [0.25, 0.3) is 0 Å². The Morgan fingerprint density at radius 3 is 2.53 bits per heavy atom. The lowest BCUT2D eigenvalue weighted by molar-refractivity contribution is -0.155. The summed E-state index contributed by atoms with van der Waals surface area (Å²) in [6.45, 7) is 4.93. The molecular weight excluding hydrogens is 268 g/mol. The molecule has 108 valence electrons. The molecule has 0 aromatic rings. The van der Waals surface area contributed by atoms with Gasteiger partial charge < -0.3 is 10.2 Å². The monoisotopic (exact) mass is 288 g/mol. The van der Waals surface area contributed by atoms with Gasteiger partial charge in [-0.05, 0) is 33.6 Å². The third-order valence-corrected chi connectivity index (χ3v) is 5.64. The first-order valence-electron chi connectivity index (χ1n) is 6.49. The van der Waals surface area contributed by atoms with E-state index < -0.39 is 21.4 Å². The van der Waals surface area contributed by atoms with E-state index in [0.717, 1.165) is 0 Å². The fourth-order valence-corrected chi connectivity index (χ4v) is 4.48. The van der Waals surface area contributed by atoms with Crippen LogP contribution in [0.25, 0.3) is 0 Å². The van der Waals surface area contributed by atoms with Crippen molar-refractivity contribution in [2.24, 2.45) is 0 Å². The number of hydrogen-bond acceptors (Lipinski definition) is 4. The average Bonchev–Trinajstić information content (AvgIpc) is 2.25. The molecule has 2 atom stereocenters. The highest BCUT2D eigenvalue weighted by atomic mass is 32.2. The van der Waals surface area contributed by atoms with E-state index in [-0.39, 0.29) is 29.4 Å². The third-order valence-electron chi connectivity index (χ3n) is 3.83. The number of carbonyl (C=O) groups excluding carboxylic acids is 2. The minimum atomic E-state index is -3.11. The molecule has 0 spiro atoms. The minimum Gasteiger partial charge on any atom is -0.340 e. The van der Waals surface area contributed by atoms with E-state index >= 15 is 0 Å². The van der Waals surface area contributed by atoms with Gasteiger partial charge in [-0.25, -0.2) is 8.42 Å². The van der Waals surface area contributed by atoms with Crippen molar-refractivity contribution >= 4 is 21.7 Å². The summed E-state index contributed by atoms with van der Waals surface area (Å²) in [5, 5.41) is 2.67. The van der Waals surface area contributed by atoms with Crippen LogP contribution in [0.5, 0.6) is 0 Å². The van der Waals surface area contributed by atoms with E-state index in [0.29, 0.717) is 12.8 Å². The van der Waals surface area contributed by atoms with Crippen LogP contribution in [0, 0.1) is 0 Å². The van der Waals surface area contributed by atoms with E-state index in [1.165, 1.54) is 4.90 Å². The second-order valence-corrected chi connectivity index (χ2v) is 8.14. The molecule has 0 aromatic carbocycles. The molecule has 7 heteroatoms. The molecule has 2 heterocycles. The predicted octanol–water partition coefficient (Wildman–Crippen LogP) is -0.311. The Labute approximate surface area is 113 Å². The fraction of sp³-hybridized carbons (Fsp3) is 0.833. The Morgan fingerprint density at radius 1 is 1.32 bits per heavy atom. The molecule has 19 heavy (non-hydrogen) atoms. The van der Waals surface area contributed by atoms with Crippen molar-refractivity contribution < 1.29 is 18.0 Å². The molecular formula is C12H20N2O4S. The van der Waals surface area contributed by atoms with Crippen molar-refractivity contribution in [3.8, 4) is 0 Å². The van der Waals surface area contributed by atoms with Gasteiger partial charge in [-0.3, -0.25) is 9.59 Å². The number of amides is 2. The highest BCUT2D eigenvalue weighted by Crippen LogP contribution is 2.26. The van der Waals surface area contributed by atoms with Crippen LogP contribution < -0.4 is 5.32 Å². The summed E-state index contributed by atoms with van der Waals surface area (Å²) >= 11 is 0. The highest BCUT2D eigenvalue weighted by molar-refractivity contribution is 7.91. The van der Waals surface area contributed by atoms with E-state index in [2.05, 4.69) is 5.32 Å². The SMILES string of the molecule is CC1C(=O)NC(C)(C)C(=O)N1C1CCCS(=O)(=O)C1. The van der Waals surface area contributed by atoms with Crippen LogP contribution in [-0.2, 0) is 19.4 Å². The summed E-state index contributed by atoms with van der Waals surface area (Å²) in [7, 11) is -3.11. The lowest BCUT2D eigenvalue weighted by Crippen LogP contribution is -2.70. The molecule has 0 bridgehead atoms. The molecule has 2 amide bonds.